The van der Waals surface area contributed by atoms with Gasteiger partial charge in [-0.05, 0) is 38.8 Å². The third-order valence-corrected chi connectivity index (χ3v) is 4.25. The molecule has 118 valence electrons. The van der Waals surface area contributed by atoms with Crippen LogP contribution in [0.25, 0.3) is 0 Å². The maximum atomic E-state index is 12.2. The molecule has 5 heteroatoms. The zero-order chi connectivity index (χ0) is 15.1. The molecule has 4 atom stereocenters. The van der Waals surface area contributed by atoms with Crippen LogP contribution in [-0.4, -0.2) is 57.2 Å². The van der Waals surface area contributed by atoms with Gasteiger partial charge in [0.25, 0.3) is 0 Å². The monoisotopic (exact) mass is 285 g/mol. The lowest BCUT2D eigenvalue weighted by Crippen LogP contribution is -2.45. The van der Waals surface area contributed by atoms with Crippen molar-refractivity contribution >= 4 is 5.91 Å². The molecule has 1 rings (SSSR count). The first-order chi connectivity index (χ1) is 9.41. The van der Waals surface area contributed by atoms with Gasteiger partial charge in [-0.3, -0.25) is 4.79 Å². The minimum Gasteiger partial charge on any atom is -0.378 e. The van der Waals surface area contributed by atoms with Gasteiger partial charge in [0, 0.05) is 25.0 Å². The molecule has 0 spiro atoms. The standard InChI is InChI=1S/C15H31N3O2/c1-11-9-12(2)14(16)10-13(11)15(19)17-5-7-20-8-6-18(3)4/h11-14H,5-10,16H2,1-4H3,(H,17,19). The summed E-state index contributed by atoms with van der Waals surface area (Å²) in [7, 11) is 4.03. The van der Waals surface area contributed by atoms with Gasteiger partial charge >= 0.3 is 0 Å². The van der Waals surface area contributed by atoms with Gasteiger partial charge in [-0.25, -0.2) is 0 Å². The first-order valence-electron chi connectivity index (χ1n) is 7.67. The van der Waals surface area contributed by atoms with E-state index in [-0.39, 0.29) is 17.9 Å². The Bertz CT molecular complexity index is 297. The van der Waals surface area contributed by atoms with Crippen LogP contribution in [0.15, 0.2) is 0 Å². The van der Waals surface area contributed by atoms with E-state index in [1.54, 1.807) is 0 Å². The van der Waals surface area contributed by atoms with Crippen LogP contribution >= 0.6 is 0 Å². The second-order valence-electron chi connectivity index (χ2n) is 6.40. The second kappa shape index (κ2) is 8.60. The molecule has 0 heterocycles. The molecule has 3 N–H and O–H groups in total. The molecule has 1 saturated carbocycles. The zero-order valence-corrected chi connectivity index (χ0v) is 13.4. The molecule has 1 fully saturated rings. The summed E-state index contributed by atoms with van der Waals surface area (Å²) in [5.41, 5.74) is 6.08. The molecule has 0 aromatic rings. The summed E-state index contributed by atoms with van der Waals surface area (Å²) >= 11 is 0. The fourth-order valence-electron chi connectivity index (χ4n) is 2.78. The van der Waals surface area contributed by atoms with Crippen LogP contribution in [0.4, 0.5) is 0 Å². The summed E-state index contributed by atoms with van der Waals surface area (Å²) in [5, 5.41) is 2.97. The highest BCUT2D eigenvalue weighted by atomic mass is 16.5. The molecule has 4 unspecified atom stereocenters. The molecule has 1 aliphatic rings. The maximum absolute atomic E-state index is 12.2. The van der Waals surface area contributed by atoms with Gasteiger partial charge in [0.2, 0.25) is 5.91 Å². The van der Waals surface area contributed by atoms with Crippen LogP contribution < -0.4 is 11.1 Å². The van der Waals surface area contributed by atoms with E-state index >= 15 is 0 Å². The average Bonchev–Trinajstić information content (AvgIpc) is 2.37. The van der Waals surface area contributed by atoms with E-state index in [4.69, 9.17) is 10.5 Å². The van der Waals surface area contributed by atoms with Crippen molar-refractivity contribution in [3.63, 3.8) is 0 Å². The Labute approximate surface area is 123 Å². The first-order valence-corrected chi connectivity index (χ1v) is 7.67. The number of hydrogen-bond donors (Lipinski definition) is 2. The molecule has 1 amide bonds. The van der Waals surface area contributed by atoms with E-state index < -0.39 is 0 Å². The van der Waals surface area contributed by atoms with Crippen molar-refractivity contribution in [1.82, 2.24) is 10.2 Å². The molecule has 5 nitrogen and oxygen atoms in total. The van der Waals surface area contributed by atoms with Crippen LogP contribution in [-0.2, 0) is 9.53 Å². The minimum absolute atomic E-state index is 0.0583. The van der Waals surface area contributed by atoms with Crippen LogP contribution in [0, 0.1) is 17.8 Å². The van der Waals surface area contributed by atoms with Gasteiger partial charge in [-0.2, -0.15) is 0 Å². The summed E-state index contributed by atoms with van der Waals surface area (Å²) in [6, 6.07) is 0.151. The number of rotatable bonds is 7. The number of nitrogens with one attached hydrogen (secondary N) is 1. The smallest absolute Gasteiger partial charge is 0.223 e. The van der Waals surface area contributed by atoms with Gasteiger partial charge in [-0.1, -0.05) is 13.8 Å². The van der Waals surface area contributed by atoms with E-state index in [0.717, 1.165) is 19.4 Å². The maximum Gasteiger partial charge on any atom is 0.223 e. The molecule has 0 aliphatic heterocycles. The van der Waals surface area contributed by atoms with Gasteiger partial charge in [0.05, 0.1) is 13.2 Å². The summed E-state index contributed by atoms with van der Waals surface area (Å²) in [4.78, 5) is 14.2. The Morgan fingerprint density at radius 2 is 1.95 bits per heavy atom. The van der Waals surface area contributed by atoms with Crippen LogP contribution in [0.3, 0.4) is 0 Å². The lowest BCUT2D eigenvalue weighted by Gasteiger charge is -2.36. The number of nitrogens with zero attached hydrogens (tertiary/aromatic N) is 1. The van der Waals surface area contributed by atoms with E-state index in [1.807, 2.05) is 14.1 Å². The summed E-state index contributed by atoms with van der Waals surface area (Å²) in [6.45, 7) is 7.09. The Morgan fingerprint density at radius 1 is 1.25 bits per heavy atom. The van der Waals surface area contributed by atoms with Crippen LogP contribution in [0.2, 0.25) is 0 Å². The Kier molecular flexibility index (Phi) is 7.48. The largest absolute Gasteiger partial charge is 0.378 e. The molecule has 0 saturated heterocycles. The average molecular weight is 285 g/mol. The molecule has 0 aromatic heterocycles. The summed E-state index contributed by atoms with van der Waals surface area (Å²) < 4.78 is 5.47. The number of hydrogen-bond acceptors (Lipinski definition) is 4. The van der Waals surface area contributed by atoms with Crippen molar-refractivity contribution in [2.75, 3.05) is 40.4 Å². The zero-order valence-electron chi connectivity index (χ0n) is 13.4. The molecular weight excluding hydrogens is 254 g/mol. The Morgan fingerprint density at radius 3 is 2.60 bits per heavy atom. The van der Waals surface area contributed by atoms with Gasteiger partial charge in [0.15, 0.2) is 0 Å². The van der Waals surface area contributed by atoms with Crippen molar-refractivity contribution in [2.24, 2.45) is 23.5 Å². The fourth-order valence-corrected chi connectivity index (χ4v) is 2.78. The van der Waals surface area contributed by atoms with Crippen molar-refractivity contribution in [1.29, 1.82) is 0 Å². The van der Waals surface area contributed by atoms with Gasteiger partial charge in [-0.15, -0.1) is 0 Å². The van der Waals surface area contributed by atoms with E-state index in [2.05, 4.69) is 24.1 Å². The van der Waals surface area contributed by atoms with Gasteiger partial charge in [0.1, 0.15) is 0 Å². The third kappa shape index (κ3) is 5.77. The predicted octanol–water partition coefficient (Wildman–Crippen LogP) is 0.690. The highest BCUT2D eigenvalue weighted by Gasteiger charge is 2.34. The number of ether oxygens (including phenoxy) is 1. The van der Waals surface area contributed by atoms with Crippen LogP contribution in [0.5, 0.6) is 0 Å². The topological polar surface area (TPSA) is 67.6 Å². The first kappa shape index (κ1) is 17.4. The van der Waals surface area contributed by atoms with Crippen molar-refractivity contribution in [3.05, 3.63) is 0 Å². The second-order valence-corrected chi connectivity index (χ2v) is 6.40. The SMILES string of the molecule is CC1CC(C)C(C(=O)NCCOCCN(C)C)CC1N. The predicted molar refractivity (Wildman–Crippen MR) is 81.4 cm³/mol. The normalized spacial score (nSPS) is 30.5. The highest BCUT2D eigenvalue weighted by molar-refractivity contribution is 5.79. The number of nitrogens with two attached hydrogens (primary N) is 1. The van der Waals surface area contributed by atoms with E-state index in [0.29, 0.717) is 31.6 Å². The van der Waals surface area contributed by atoms with Crippen molar-refractivity contribution in [2.45, 2.75) is 32.7 Å². The molecule has 0 radical (unpaired) electrons. The minimum atomic E-state index is 0.0583. The molecule has 0 bridgehead atoms. The molecule has 1 aliphatic carbocycles. The number of carbonyl (C=O) groups excluding carboxylic acids is 1. The van der Waals surface area contributed by atoms with Crippen molar-refractivity contribution in [3.8, 4) is 0 Å². The van der Waals surface area contributed by atoms with Gasteiger partial charge < -0.3 is 20.7 Å². The lowest BCUT2D eigenvalue weighted by molar-refractivity contribution is -0.128. The number of carbonyl (C=O) groups is 1. The summed E-state index contributed by atoms with van der Waals surface area (Å²) in [5.74, 6) is 1.13. The summed E-state index contributed by atoms with van der Waals surface area (Å²) in [6.07, 6.45) is 1.84. The van der Waals surface area contributed by atoms with E-state index in [9.17, 15) is 4.79 Å². The van der Waals surface area contributed by atoms with E-state index in [1.165, 1.54) is 0 Å². The Hall–Kier alpha value is -0.650. The highest BCUT2D eigenvalue weighted by Crippen LogP contribution is 2.32. The molecule has 20 heavy (non-hydrogen) atoms. The number of amides is 1. The third-order valence-electron chi connectivity index (χ3n) is 4.25. The Balaban J connectivity index is 2.19. The number of likely N-dealkylation sites (N-methyl/N-ethyl adjacent to an activating group) is 1. The molecular formula is C15H31N3O2. The van der Waals surface area contributed by atoms with Crippen molar-refractivity contribution < 1.29 is 9.53 Å². The fraction of sp³-hybridized carbons (Fsp3) is 0.933. The quantitative estimate of drug-likeness (QED) is 0.675. The molecule has 0 aromatic carbocycles. The van der Waals surface area contributed by atoms with Crippen LogP contribution in [0.1, 0.15) is 26.7 Å². The lowest BCUT2D eigenvalue weighted by atomic mass is 9.72.